The fourth-order valence-corrected chi connectivity index (χ4v) is 5.36. The average Bonchev–Trinajstić information content (AvgIpc) is 3.54. The minimum absolute atomic E-state index is 0.0663. The van der Waals surface area contributed by atoms with Gasteiger partial charge in [-0.3, -0.25) is 9.78 Å². The van der Waals surface area contributed by atoms with Gasteiger partial charge in [-0.1, -0.05) is 48.9 Å². The Bertz CT molecular complexity index is 1460. The minimum Gasteiger partial charge on any atom is -0.459 e. The third-order valence-electron chi connectivity index (χ3n) is 6.83. The van der Waals surface area contributed by atoms with Gasteiger partial charge in [0.1, 0.15) is 17.6 Å². The summed E-state index contributed by atoms with van der Waals surface area (Å²) in [4.78, 5) is 19.5. The Balaban J connectivity index is 1.41. The van der Waals surface area contributed by atoms with Crippen LogP contribution in [0.1, 0.15) is 48.0 Å². The minimum atomic E-state index is -0.277. The second kappa shape index (κ2) is 11.4. The number of furan rings is 1. The molecule has 2 atom stereocenters. The molecule has 1 saturated heterocycles. The maximum Gasteiger partial charge on any atom is 0.226 e. The molecule has 3 heterocycles. The summed E-state index contributed by atoms with van der Waals surface area (Å²) in [6, 6.07) is 22.8. The molecule has 0 radical (unpaired) electrons. The highest BCUT2D eigenvalue weighted by molar-refractivity contribution is 7.80. The van der Waals surface area contributed by atoms with E-state index >= 15 is 0 Å². The van der Waals surface area contributed by atoms with Crippen LogP contribution < -0.4 is 10.6 Å². The van der Waals surface area contributed by atoms with Gasteiger partial charge in [-0.25, -0.2) is 0 Å². The van der Waals surface area contributed by atoms with Crippen LogP contribution in [0.25, 0.3) is 11.3 Å². The number of thiocarbonyl (C=S) groups is 1. The van der Waals surface area contributed by atoms with Crippen molar-refractivity contribution in [3.8, 4) is 11.3 Å². The van der Waals surface area contributed by atoms with Crippen LogP contribution in [0.5, 0.6) is 0 Å². The van der Waals surface area contributed by atoms with Gasteiger partial charge in [0, 0.05) is 35.4 Å². The second-order valence-corrected chi connectivity index (χ2v) is 10.1. The van der Waals surface area contributed by atoms with Crippen LogP contribution in [0, 0.1) is 6.92 Å². The Labute approximate surface area is 233 Å². The number of rotatable bonds is 8. The van der Waals surface area contributed by atoms with Crippen LogP contribution in [0.2, 0.25) is 5.02 Å². The summed E-state index contributed by atoms with van der Waals surface area (Å²) in [5.41, 5.74) is 4.80. The van der Waals surface area contributed by atoms with Crippen LogP contribution in [0.15, 0.2) is 83.4 Å². The van der Waals surface area contributed by atoms with Crippen molar-refractivity contribution in [2.45, 2.75) is 38.8 Å². The number of anilines is 1. The van der Waals surface area contributed by atoms with Crippen molar-refractivity contribution in [2.75, 3.05) is 11.9 Å². The molecule has 0 aliphatic carbocycles. The standard InChI is InChI=1S/C30H29ClN4O2S/c1-3-20-8-4-5-9-23(20)33-27(36)15-17-35-29(28(34-30(35)38)24-10-6-7-16-32-24)26-14-13-25(37-26)22-18-21(31)12-11-19(22)2/h4-14,16,18,28-29H,3,15,17H2,1-2H3,(H,33,36)(H,34,38)/t28-,29-/m0/s1. The highest BCUT2D eigenvalue weighted by atomic mass is 35.5. The van der Waals surface area contributed by atoms with Crippen molar-refractivity contribution in [1.29, 1.82) is 0 Å². The smallest absolute Gasteiger partial charge is 0.226 e. The molecule has 0 spiro atoms. The topological polar surface area (TPSA) is 70.4 Å². The van der Waals surface area contributed by atoms with Gasteiger partial charge in [0.25, 0.3) is 0 Å². The summed E-state index contributed by atoms with van der Waals surface area (Å²) in [7, 11) is 0. The van der Waals surface area contributed by atoms with E-state index in [1.54, 1.807) is 6.20 Å². The molecular formula is C30H29ClN4O2S. The SMILES string of the molecule is CCc1ccccc1NC(=O)CCN1C(=S)N[C@@H](c2ccccn2)[C@@H]1c1ccc(-c2cc(Cl)ccc2C)o1. The Morgan fingerprint density at radius 3 is 2.74 bits per heavy atom. The van der Waals surface area contributed by atoms with Gasteiger partial charge in [-0.05, 0) is 79.2 Å². The first-order valence-corrected chi connectivity index (χ1v) is 13.4. The molecular weight excluding hydrogens is 516 g/mol. The molecule has 1 amide bonds. The lowest BCUT2D eigenvalue weighted by molar-refractivity contribution is -0.116. The quantitative estimate of drug-likeness (QED) is 0.236. The van der Waals surface area contributed by atoms with E-state index in [2.05, 4.69) is 22.5 Å². The molecule has 1 aliphatic heterocycles. The monoisotopic (exact) mass is 544 g/mol. The van der Waals surface area contributed by atoms with Crippen LogP contribution in [-0.2, 0) is 11.2 Å². The molecule has 2 N–H and O–H groups in total. The number of pyridine rings is 1. The molecule has 1 fully saturated rings. The van der Waals surface area contributed by atoms with Gasteiger partial charge < -0.3 is 20.0 Å². The number of halogens is 1. The fraction of sp³-hybridized carbons (Fsp3) is 0.233. The van der Waals surface area contributed by atoms with E-state index in [0.29, 0.717) is 16.7 Å². The number of carbonyl (C=O) groups is 1. The molecule has 0 unspecified atom stereocenters. The molecule has 6 nitrogen and oxygen atoms in total. The largest absolute Gasteiger partial charge is 0.459 e. The fourth-order valence-electron chi connectivity index (χ4n) is 4.86. The van der Waals surface area contributed by atoms with Crippen molar-refractivity contribution in [1.82, 2.24) is 15.2 Å². The van der Waals surface area contributed by atoms with Crippen LogP contribution in [-0.4, -0.2) is 27.4 Å². The number of nitrogens with one attached hydrogen (secondary N) is 2. The normalized spacial score (nSPS) is 16.9. The average molecular weight is 545 g/mol. The molecule has 5 rings (SSSR count). The van der Waals surface area contributed by atoms with E-state index in [1.165, 1.54) is 0 Å². The molecule has 4 aromatic rings. The number of carbonyl (C=O) groups excluding carboxylic acids is 1. The lowest BCUT2D eigenvalue weighted by atomic mass is 10.0. The zero-order chi connectivity index (χ0) is 26.6. The number of aromatic nitrogens is 1. The molecule has 2 aromatic heterocycles. The lowest BCUT2D eigenvalue weighted by Gasteiger charge is -2.26. The van der Waals surface area contributed by atoms with Gasteiger partial charge in [-0.2, -0.15) is 0 Å². The number of hydrogen-bond donors (Lipinski definition) is 2. The van der Waals surface area contributed by atoms with Gasteiger partial charge in [-0.15, -0.1) is 0 Å². The summed E-state index contributed by atoms with van der Waals surface area (Å²) in [6.45, 7) is 4.52. The van der Waals surface area contributed by atoms with Crippen molar-refractivity contribution >= 4 is 40.5 Å². The van der Waals surface area contributed by atoms with E-state index in [0.717, 1.165) is 46.0 Å². The zero-order valence-corrected chi connectivity index (χ0v) is 22.9. The Hall–Kier alpha value is -3.68. The molecule has 194 valence electrons. The third kappa shape index (κ3) is 5.44. The highest BCUT2D eigenvalue weighted by Gasteiger charge is 2.41. The molecule has 0 saturated carbocycles. The third-order valence-corrected chi connectivity index (χ3v) is 7.42. The summed E-state index contributed by atoms with van der Waals surface area (Å²) < 4.78 is 6.42. The van der Waals surface area contributed by atoms with Crippen molar-refractivity contribution in [2.24, 2.45) is 0 Å². The van der Waals surface area contributed by atoms with E-state index < -0.39 is 0 Å². The van der Waals surface area contributed by atoms with Crippen LogP contribution >= 0.6 is 23.8 Å². The molecule has 1 aliphatic rings. The van der Waals surface area contributed by atoms with E-state index in [1.807, 2.05) is 84.6 Å². The van der Waals surface area contributed by atoms with Crippen molar-refractivity contribution in [3.05, 3.63) is 107 Å². The van der Waals surface area contributed by atoms with Crippen molar-refractivity contribution < 1.29 is 9.21 Å². The van der Waals surface area contributed by atoms with Crippen LogP contribution in [0.3, 0.4) is 0 Å². The Morgan fingerprint density at radius 2 is 1.95 bits per heavy atom. The molecule has 8 heteroatoms. The molecule has 0 bridgehead atoms. The predicted octanol–water partition coefficient (Wildman–Crippen LogP) is 6.87. The first-order valence-electron chi connectivity index (χ1n) is 12.7. The van der Waals surface area contributed by atoms with Crippen LogP contribution in [0.4, 0.5) is 5.69 Å². The summed E-state index contributed by atoms with van der Waals surface area (Å²) >= 11 is 12.0. The number of nitrogens with zero attached hydrogens (tertiary/aromatic N) is 2. The number of benzene rings is 2. The summed E-state index contributed by atoms with van der Waals surface area (Å²) in [5.74, 6) is 1.40. The second-order valence-electron chi connectivity index (χ2n) is 9.29. The summed E-state index contributed by atoms with van der Waals surface area (Å²) in [5, 5.41) is 7.68. The number of amides is 1. The number of para-hydroxylation sites is 1. The van der Waals surface area contributed by atoms with Crippen molar-refractivity contribution in [3.63, 3.8) is 0 Å². The number of aryl methyl sites for hydroxylation is 2. The summed E-state index contributed by atoms with van der Waals surface area (Å²) in [6.07, 6.45) is 2.88. The van der Waals surface area contributed by atoms with E-state index in [-0.39, 0.29) is 24.4 Å². The first-order chi connectivity index (χ1) is 18.4. The Morgan fingerprint density at radius 1 is 1.13 bits per heavy atom. The zero-order valence-electron chi connectivity index (χ0n) is 21.3. The lowest BCUT2D eigenvalue weighted by Crippen LogP contribution is -2.32. The van der Waals surface area contributed by atoms with Gasteiger partial charge in [0.15, 0.2) is 5.11 Å². The maximum absolute atomic E-state index is 12.9. The molecule has 2 aromatic carbocycles. The first kappa shape index (κ1) is 25.9. The van der Waals surface area contributed by atoms with Gasteiger partial charge >= 0.3 is 0 Å². The maximum atomic E-state index is 12.9. The predicted molar refractivity (Wildman–Crippen MR) is 155 cm³/mol. The Kier molecular flexibility index (Phi) is 7.77. The highest BCUT2D eigenvalue weighted by Crippen LogP contribution is 2.41. The number of hydrogen-bond acceptors (Lipinski definition) is 4. The van der Waals surface area contributed by atoms with E-state index in [4.69, 9.17) is 28.2 Å². The van der Waals surface area contributed by atoms with Gasteiger partial charge in [0.05, 0.1) is 11.7 Å². The van der Waals surface area contributed by atoms with Gasteiger partial charge in [0.2, 0.25) is 5.91 Å². The van der Waals surface area contributed by atoms with E-state index in [9.17, 15) is 4.79 Å². The molecule has 38 heavy (non-hydrogen) atoms.